The van der Waals surface area contributed by atoms with E-state index in [0.29, 0.717) is 5.75 Å². The van der Waals surface area contributed by atoms with Crippen LogP contribution in [-0.4, -0.2) is 22.0 Å². The molecule has 0 aliphatic heterocycles. The second-order valence-corrected chi connectivity index (χ2v) is 4.62. The van der Waals surface area contributed by atoms with E-state index >= 15 is 0 Å². The molecule has 104 valence electrons. The monoisotopic (exact) mass is 389 g/mol. The highest BCUT2D eigenvalue weighted by Crippen LogP contribution is 2.34. The molecule has 2 aromatic rings. The molecule has 1 aromatic carbocycles. The van der Waals surface area contributed by atoms with E-state index in [0.717, 1.165) is 0 Å². The molecule has 0 saturated carbocycles. The Kier molecular flexibility index (Phi) is 4.17. The van der Waals surface area contributed by atoms with Crippen molar-refractivity contribution in [1.29, 1.82) is 0 Å². The Morgan fingerprint density at radius 1 is 1.40 bits per heavy atom. The zero-order valence-electron chi connectivity index (χ0n) is 10.1. The number of nitro benzene ring substituents is 1. The molecule has 8 nitrogen and oxygen atoms in total. The molecule has 0 amide bonds. The first-order valence-corrected chi connectivity index (χ1v) is 6.34. The van der Waals surface area contributed by atoms with Crippen molar-refractivity contribution in [3.8, 4) is 17.4 Å². The summed E-state index contributed by atoms with van der Waals surface area (Å²) in [5, 5.41) is 10.8. The van der Waals surface area contributed by atoms with E-state index in [1.807, 2.05) is 0 Å². The molecule has 0 spiro atoms. The Bertz CT molecular complexity index is 715. The highest BCUT2D eigenvalue weighted by atomic mass is 127. The lowest BCUT2D eigenvalue weighted by atomic mass is 10.3. The van der Waals surface area contributed by atoms with Gasteiger partial charge in [0.1, 0.15) is 3.57 Å². The number of hydrogen-bond acceptors (Lipinski definition) is 6. The maximum Gasteiger partial charge on any atom is 0.273 e. The molecule has 9 heteroatoms. The fourth-order valence-corrected chi connectivity index (χ4v) is 1.81. The van der Waals surface area contributed by atoms with Gasteiger partial charge in [0.25, 0.3) is 11.2 Å². The van der Waals surface area contributed by atoms with Crippen molar-refractivity contribution in [3.63, 3.8) is 0 Å². The summed E-state index contributed by atoms with van der Waals surface area (Å²) < 4.78 is 10.7. The topological polar surface area (TPSA) is 107 Å². The molecule has 0 atom stereocenters. The van der Waals surface area contributed by atoms with E-state index < -0.39 is 4.92 Å². The summed E-state index contributed by atoms with van der Waals surface area (Å²) in [6.07, 6.45) is 1.18. The van der Waals surface area contributed by atoms with Crippen LogP contribution < -0.4 is 15.0 Å². The first-order chi connectivity index (χ1) is 9.52. The lowest BCUT2D eigenvalue weighted by Crippen LogP contribution is -2.11. The SMILES string of the molecule is COc1ccc([N+](=O)[O-])cc1Oc1nc[nH]c(=O)c1I. The number of non-ortho nitro benzene ring substituents is 1. The highest BCUT2D eigenvalue weighted by molar-refractivity contribution is 14.1. The van der Waals surface area contributed by atoms with Crippen molar-refractivity contribution in [2.24, 2.45) is 0 Å². The molecular formula is C11H8IN3O5. The van der Waals surface area contributed by atoms with Crippen LogP contribution >= 0.6 is 22.6 Å². The van der Waals surface area contributed by atoms with Crippen molar-refractivity contribution >= 4 is 28.3 Å². The van der Waals surface area contributed by atoms with E-state index in [1.54, 1.807) is 22.6 Å². The summed E-state index contributed by atoms with van der Waals surface area (Å²) in [6.45, 7) is 0. The molecule has 0 aliphatic carbocycles. The first kappa shape index (κ1) is 14.2. The van der Waals surface area contributed by atoms with Crippen molar-refractivity contribution in [3.05, 3.63) is 48.6 Å². The van der Waals surface area contributed by atoms with Crippen LogP contribution in [0.2, 0.25) is 0 Å². The quantitative estimate of drug-likeness (QED) is 0.488. The number of benzene rings is 1. The molecule has 0 saturated heterocycles. The molecule has 0 radical (unpaired) electrons. The Hall–Kier alpha value is -2.17. The van der Waals surface area contributed by atoms with Crippen molar-refractivity contribution < 1.29 is 14.4 Å². The Labute approximate surface area is 126 Å². The molecule has 1 N–H and O–H groups in total. The standard InChI is InChI=1S/C11H8IN3O5/c1-19-7-3-2-6(15(17)18)4-8(7)20-11-9(12)10(16)13-5-14-11/h2-5H,1H3,(H,13,14,16). The molecule has 0 fully saturated rings. The number of methoxy groups -OCH3 is 1. The predicted octanol–water partition coefficient (Wildman–Crippen LogP) is 2.08. The normalized spacial score (nSPS) is 10.1. The van der Waals surface area contributed by atoms with Crippen LogP contribution in [0.1, 0.15) is 0 Å². The largest absolute Gasteiger partial charge is 0.493 e. The third-order valence-corrected chi connectivity index (χ3v) is 3.28. The number of ether oxygens (including phenoxy) is 2. The highest BCUT2D eigenvalue weighted by Gasteiger charge is 2.15. The predicted molar refractivity (Wildman–Crippen MR) is 77.3 cm³/mol. The zero-order chi connectivity index (χ0) is 14.7. The van der Waals surface area contributed by atoms with Gasteiger partial charge < -0.3 is 14.5 Å². The maximum atomic E-state index is 11.4. The van der Waals surface area contributed by atoms with Gasteiger partial charge in [0.15, 0.2) is 11.5 Å². The number of aromatic nitrogens is 2. The number of nitrogens with zero attached hydrogens (tertiary/aromatic N) is 2. The fraction of sp³-hybridized carbons (Fsp3) is 0.0909. The second kappa shape index (κ2) is 5.86. The Morgan fingerprint density at radius 2 is 2.15 bits per heavy atom. The van der Waals surface area contributed by atoms with Gasteiger partial charge in [-0.1, -0.05) is 0 Å². The van der Waals surface area contributed by atoms with Gasteiger partial charge in [-0.2, -0.15) is 0 Å². The van der Waals surface area contributed by atoms with Crippen LogP contribution in [-0.2, 0) is 0 Å². The van der Waals surface area contributed by atoms with Gasteiger partial charge in [-0.3, -0.25) is 14.9 Å². The van der Waals surface area contributed by atoms with Gasteiger partial charge in [0.05, 0.1) is 24.4 Å². The van der Waals surface area contributed by atoms with Crippen molar-refractivity contribution in [1.82, 2.24) is 9.97 Å². The summed E-state index contributed by atoms with van der Waals surface area (Å²) >= 11 is 1.77. The van der Waals surface area contributed by atoms with E-state index in [1.165, 1.54) is 31.6 Å². The van der Waals surface area contributed by atoms with E-state index in [-0.39, 0.29) is 26.4 Å². The Morgan fingerprint density at radius 3 is 2.80 bits per heavy atom. The summed E-state index contributed by atoms with van der Waals surface area (Å²) in [5.41, 5.74) is -0.513. The van der Waals surface area contributed by atoms with Gasteiger partial charge in [-0.15, -0.1) is 0 Å². The van der Waals surface area contributed by atoms with Crippen LogP contribution in [0.25, 0.3) is 0 Å². The third-order valence-electron chi connectivity index (χ3n) is 2.33. The van der Waals surface area contributed by atoms with Gasteiger partial charge >= 0.3 is 0 Å². The number of rotatable bonds is 4. The molecule has 0 unspecified atom stereocenters. The summed E-state index contributed by atoms with van der Waals surface area (Å²) in [4.78, 5) is 27.9. The average molecular weight is 389 g/mol. The summed E-state index contributed by atoms with van der Waals surface area (Å²) in [7, 11) is 1.41. The van der Waals surface area contributed by atoms with Crippen LogP contribution in [0.3, 0.4) is 0 Å². The Balaban J connectivity index is 2.46. The van der Waals surface area contributed by atoms with Crippen LogP contribution in [0.5, 0.6) is 17.4 Å². The zero-order valence-corrected chi connectivity index (χ0v) is 12.3. The number of aromatic amines is 1. The van der Waals surface area contributed by atoms with Crippen molar-refractivity contribution in [2.75, 3.05) is 7.11 Å². The minimum absolute atomic E-state index is 0.0492. The lowest BCUT2D eigenvalue weighted by Gasteiger charge is -2.09. The fourth-order valence-electron chi connectivity index (χ4n) is 1.40. The van der Waals surface area contributed by atoms with Crippen molar-refractivity contribution in [2.45, 2.75) is 0 Å². The number of halogens is 1. The summed E-state index contributed by atoms with van der Waals surface area (Å²) in [5.74, 6) is 0.458. The van der Waals surface area contributed by atoms with E-state index in [4.69, 9.17) is 9.47 Å². The van der Waals surface area contributed by atoms with Gasteiger partial charge in [0.2, 0.25) is 5.88 Å². The number of nitrogens with one attached hydrogen (secondary N) is 1. The van der Waals surface area contributed by atoms with E-state index in [2.05, 4.69) is 9.97 Å². The smallest absolute Gasteiger partial charge is 0.273 e. The molecular weight excluding hydrogens is 381 g/mol. The third kappa shape index (κ3) is 2.87. The average Bonchev–Trinajstić information content (AvgIpc) is 2.43. The number of H-pyrrole nitrogens is 1. The second-order valence-electron chi connectivity index (χ2n) is 3.55. The van der Waals surface area contributed by atoms with Crippen LogP contribution in [0.4, 0.5) is 5.69 Å². The minimum Gasteiger partial charge on any atom is -0.493 e. The maximum absolute atomic E-state index is 11.4. The van der Waals surface area contributed by atoms with Gasteiger partial charge in [-0.25, -0.2) is 4.98 Å². The lowest BCUT2D eigenvalue weighted by molar-refractivity contribution is -0.384. The molecule has 1 aromatic heterocycles. The van der Waals surface area contributed by atoms with Crippen LogP contribution in [0.15, 0.2) is 29.3 Å². The molecule has 0 bridgehead atoms. The minimum atomic E-state index is -0.553. The molecule has 2 rings (SSSR count). The molecule has 1 heterocycles. The van der Waals surface area contributed by atoms with Gasteiger partial charge in [0, 0.05) is 6.07 Å². The number of nitro groups is 1. The van der Waals surface area contributed by atoms with E-state index in [9.17, 15) is 14.9 Å². The van der Waals surface area contributed by atoms with Crippen LogP contribution in [0, 0.1) is 13.7 Å². The molecule has 0 aliphatic rings. The summed E-state index contributed by atoms with van der Waals surface area (Å²) in [6, 6.07) is 3.91. The van der Waals surface area contributed by atoms with Gasteiger partial charge in [-0.05, 0) is 28.7 Å². The number of hydrogen-bond donors (Lipinski definition) is 1. The molecule has 20 heavy (non-hydrogen) atoms. The first-order valence-electron chi connectivity index (χ1n) is 5.26.